The number of carbonyl (C=O) groups is 1. The molecule has 0 heterocycles. The molecule has 64 valence electrons. The van der Waals surface area contributed by atoms with E-state index < -0.39 is 6.10 Å². The van der Waals surface area contributed by atoms with Crippen LogP contribution in [0.4, 0.5) is 0 Å². The third-order valence-electron chi connectivity index (χ3n) is 1.03. The van der Waals surface area contributed by atoms with Gasteiger partial charge in [0.2, 0.25) is 0 Å². The van der Waals surface area contributed by atoms with Gasteiger partial charge in [0.05, 0.1) is 0 Å². The van der Waals surface area contributed by atoms with Crippen molar-refractivity contribution in [1.29, 1.82) is 0 Å². The highest BCUT2D eigenvalue weighted by atomic mass is 16.3. The summed E-state index contributed by atoms with van der Waals surface area (Å²) < 4.78 is 0. The van der Waals surface area contributed by atoms with Gasteiger partial charge in [0.15, 0.2) is 0 Å². The summed E-state index contributed by atoms with van der Waals surface area (Å²) in [6, 6.07) is 0. The van der Waals surface area contributed by atoms with Crippen molar-refractivity contribution >= 4 is 6.29 Å². The fourth-order valence-corrected chi connectivity index (χ4v) is 0.459. The Hall–Kier alpha value is -0.850. The highest BCUT2D eigenvalue weighted by Gasteiger charge is 2.00. The lowest BCUT2D eigenvalue weighted by Crippen LogP contribution is -2.19. The second-order valence-corrected chi connectivity index (χ2v) is 2.30. The molecule has 0 unspecified atom stereocenters. The Bertz CT molecular complexity index is 110. The minimum Gasteiger partial charge on any atom is -0.386 e. The number of hydrogen-bond donors (Lipinski definition) is 1. The summed E-state index contributed by atoms with van der Waals surface area (Å²) in [5.41, 5.74) is 0. The topological polar surface area (TPSA) is 40.5 Å². The Balaban J connectivity index is 0. The highest BCUT2D eigenvalue weighted by Crippen LogP contribution is 1.87. The molecule has 0 aliphatic carbocycles. The Morgan fingerprint density at radius 1 is 1.55 bits per heavy atom. The van der Waals surface area contributed by atoms with Gasteiger partial charge >= 0.3 is 0 Å². The average molecular weight is 157 g/mol. The molecule has 0 amide bonds. The fourth-order valence-electron chi connectivity index (χ4n) is 0.459. The first kappa shape index (κ1) is 12.8. The lowest BCUT2D eigenvalue weighted by molar-refractivity contribution is -0.115. The molecule has 0 aromatic rings. The molecule has 0 aromatic heterocycles. The summed E-state index contributed by atoms with van der Waals surface area (Å²) >= 11 is 0. The largest absolute Gasteiger partial charge is 0.386 e. The second-order valence-electron chi connectivity index (χ2n) is 2.30. The Kier molecular flexibility index (Phi) is 10.6. The first-order chi connectivity index (χ1) is 5.16. The van der Waals surface area contributed by atoms with Crippen molar-refractivity contribution in [3.05, 3.63) is 0 Å². The van der Waals surface area contributed by atoms with Crippen molar-refractivity contribution in [3.63, 3.8) is 0 Å². The fraction of sp³-hybridized carbons (Fsp3) is 0.625. The zero-order valence-electron chi connectivity index (χ0n) is 7.03. The van der Waals surface area contributed by atoms with Crippen molar-refractivity contribution < 1.29 is 9.90 Å². The molecule has 11 heavy (non-hydrogen) atoms. The Morgan fingerprint density at radius 2 is 2.00 bits per heavy atom. The molecule has 0 spiro atoms. The van der Waals surface area contributed by atoms with E-state index in [0.717, 1.165) is 6.54 Å². The van der Waals surface area contributed by atoms with E-state index in [4.69, 9.17) is 5.11 Å². The maximum absolute atomic E-state index is 9.85. The third kappa shape index (κ3) is 12.4. The second kappa shape index (κ2) is 9.15. The van der Waals surface area contributed by atoms with E-state index in [-0.39, 0.29) is 0 Å². The van der Waals surface area contributed by atoms with Crippen LogP contribution >= 0.6 is 0 Å². The minimum atomic E-state index is -0.785. The lowest BCUT2D eigenvalue weighted by Gasteiger charge is -2.09. The van der Waals surface area contributed by atoms with Crippen molar-refractivity contribution in [2.75, 3.05) is 20.6 Å². The number of aldehydes is 1. The first-order valence-corrected chi connectivity index (χ1v) is 3.28. The average Bonchev–Trinajstić information content (AvgIpc) is 2.04. The van der Waals surface area contributed by atoms with Crippen LogP contribution in [0.5, 0.6) is 0 Å². The van der Waals surface area contributed by atoms with Crippen LogP contribution in [0.3, 0.4) is 0 Å². The minimum absolute atomic E-state index is 0.524. The lowest BCUT2D eigenvalue weighted by atomic mass is 10.3. The zero-order valence-corrected chi connectivity index (χ0v) is 7.03. The van der Waals surface area contributed by atoms with Gasteiger partial charge in [-0.3, -0.25) is 0 Å². The standard InChI is InChI=1S/C6H13NO2.C2H2/c1-7(2)4-3-6(9)5-8;1-2/h5-6,9H,3-4H2,1-2H3;1-2H/t6-;/m0./s1. The third-order valence-corrected chi connectivity index (χ3v) is 1.03. The Morgan fingerprint density at radius 3 is 2.27 bits per heavy atom. The molecule has 1 atom stereocenters. The molecule has 3 heteroatoms. The molecule has 0 aliphatic heterocycles. The quantitative estimate of drug-likeness (QED) is 0.452. The summed E-state index contributed by atoms with van der Waals surface area (Å²) in [4.78, 5) is 11.8. The van der Waals surface area contributed by atoms with Gasteiger partial charge in [0, 0.05) is 6.54 Å². The van der Waals surface area contributed by atoms with Crippen LogP contribution in [0.2, 0.25) is 0 Å². The monoisotopic (exact) mass is 157 g/mol. The van der Waals surface area contributed by atoms with E-state index in [1.165, 1.54) is 0 Å². The van der Waals surface area contributed by atoms with Crippen molar-refractivity contribution in [1.82, 2.24) is 4.90 Å². The molecule has 0 aliphatic rings. The molecule has 0 aromatic carbocycles. The van der Waals surface area contributed by atoms with Gasteiger partial charge in [-0.05, 0) is 20.5 Å². The molecule has 0 radical (unpaired) electrons. The van der Waals surface area contributed by atoms with Crippen LogP contribution in [-0.4, -0.2) is 43.0 Å². The number of carbonyl (C=O) groups excluding carboxylic acids is 1. The molecule has 0 rings (SSSR count). The SMILES string of the molecule is C#C.CN(C)CC[C@H](O)C=O. The maximum Gasteiger partial charge on any atom is 0.148 e. The molecular weight excluding hydrogens is 142 g/mol. The summed E-state index contributed by atoms with van der Waals surface area (Å²) in [5.74, 6) is 0. The van der Waals surface area contributed by atoms with E-state index >= 15 is 0 Å². The van der Waals surface area contributed by atoms with E-state index in [1.54, 1.807) is 0 Å². The van der Waals surface area contributed by atoms with Crippen LogP contribution in [0, 0.1) is 12.8 Å². The van der Waals surface area contributed by atoms with Crippen molar-refractivity contribution in [2.24, 2.45) is 0 Å². The number of rotatable bonds is 4. The van der Waals surface area contributed by atoms with Crippen LogP contribution in [0.25, 0.3) is 0 Å². The number of terminal acetylenes is 1. The summed E-state index contributed by atoms with van der Waals surface area (Å²) in [6.07, 6.45) is 8.30. The molecule has 0 bridgehead atoms. The highest BCUT2D eigenvalue weighted by molar-refractivity contribution is 5.55. The normalized spacial score (nSPS) is 11.5. The number of aliphatic hydroxyl groups excluding tert-OH is 1. The smallest absolute Gasteiger partial charge is 0.148 e. The van der Waals surface area contributed by atoms with E-state index in [9.17, 15) is 4.79 Å². The molecule has 3 nitrogen and oxygen atoms in total. The van der Waals surface area contributed by atoms with Gasteiger partial charge < -0.3 is 14.8 Å². The predicted molar refractivity (Wildman–Crippen MR) is 45.1 cm³/mol. The van der Waals surface area contributed by atoms with Gasteiger partial charge in [-0.15, -0.1) is 12.8 Å². The van der Waals surface area contributed by atoms with Crippen LogP contribution in [-0.2, 0) is 4.79 Å². The van der Waals surface area contributed by atoms with Crippen LogP contribution in [0.15, 0.2) is 0 Å². The molecule has 0 saturated heterocycles. The van der Waals surface area contributed by atoms with Gasteiger partial charge in [0.25, 0.3) is 0 Å². The van der Waals surface area contributed by atoms with E-state index in [2.05, 4.69) is 12.8 Å². The number of aliphatic hydroxyl groups is 1. The molecule has 0 fully saturated rings. The van der Waals surface area contributed by atoms with Crippen molar-refractivity contribution in [3.8, 4) is 12.8 Å². The van der Waals surface area contributed by atoms with Gasteiger partial charge in [-0.2, -0.15) is 0 Å². The molecule has 0 saturated carbocycles. The van der Waals surface area contributed by atoms with E-state index in [0.29, 0.717) is 12.7 Å². The maximum atomic E-state index is 9.85. The van der Waals surface area contributed by atoms with Crippen LogP contribution < -0.4 is 0 Å². The predicted octanol–water partition coefficient (Wildman–Crippen LogP) is -0.253. The number of nitrogens with zero attached hydrogens (tertiary/aromatic N) is 1. The summed E-state index contributed by atoms with van der Waals surface area (Å²) in [7, 11) is 3.80. The van der Waals surface area contributed by atoms with Crippen LogP contribution in [0.1, 0.15) is 6.42 Å². The number of hydrogen-bond acceptors (Lipinski definition) is 3. The van der Waals surface area contributed by atoms with Gasteiger partial charge in [-0.25, -0.2) is 0 Å². The molecular formula is C8H15NO2. The molecule has 1 N–H and O–H groups in total. The van der Waals surface area contributed by atoms with E-state index in [1.807, 2.05) is 19.0 Å². The van der Waals surface area contributed by atoms with Gasteiger partial charge in [0.1, 0.15) is 12.4 Å². The van der Waals surface area contributed by atoms with Crippen molar-refractivity contribution in [2.45, 2.75) is 12.5 Å². The summed E-state index contributed by atoms with van der Waals surface area (Å²) in [5, 5.41) is 8.71. The zero-order chi connectivity index (χ0) is 9.28. The van der Waals surface area contributed by atoms with Gasteiger partial charge in [-0.1, -0.05) is 0 Å². The summed E-state index contributed by atoms with van der Waals surface area (Å²) in [6.45, 7) is 0.750. The Labute approximate surface area is 68.0 Å². The first-order valence-electron chi connectivity index (χ1n) is 3.28.